The maximum Gasteiger partial charge on any atom is 0.282 e. The van der Waals surface area contributed by atoms with Gasteiger partial charge < -0.3 is 19.5 Å². The summed E-state index contributed by atoms with van der Waals surface area (Å²) in [5.41, 5.74) is -0.319. The van der Waals surface area contributed by atoms with E-state index in [1.54, 1.807) is 12.1 Å². The molecule has 162 valence electrons. The van der Waals surface area contributed by atoms with Crippen molar-refractivity contribution < 1.29 is 33.5 Å². The minimum atomic E-state index is -0.883. The Kier molecular flexibility index (Phi) is 6.05. The molecule has 3 amide bonds. The maximum atomic E-state index is 12.6. The van der Waals surface area contributed by atoms with Crippen LogP contribution in [0.4, 0.5) is 5.69 Å². The van der Waals surface area contributed by atoms with Gasteiger partial charge in [0.15, 0.2) is 11.5 Å². The van der Waals surface area contributed by atoms with Crippen molar-refractivity contribution in [3.05, 3.63) is 57.1 Å². The van der Waals surface area contributed by atoms with Crippen LogP contribution in [0.1, 0.15) is 26.3 Å². The lowest BCUT2D eigenvalue weighted by Crippen LogP contribution is -2.40. The Hall–Kier alpha value is -4.15. The molecule has 0 radical (unpaired) electrons. The SMILES string of the molecule is COc1cc(OC)c(OC)cc1CNC(=O)CN1C(=O)c2cccc([N+](=O)[O-])c2C1=O. The minimum Gasteiger partial charge on any atom is -0.496 e. The van der Waals surface area contributed by atoms with Crippen molar-refractivity contribution in [2.24, 2.45) is 0 Å². The third-order valence-corrected chi connectivity index (χ3v) is 4.74. The summed E-state index contributed by atoms with van der Waals surface area (Å²) in [4.78, 5) is 48.6. The number of ether oxygens (including phenoxy) is 3. The molecule has 0 atom stereocenters. The third-order valence-electron chi connectivity index (χ3n) is 4.74. The predicted molar refractivity (Wildman–Crippen MR) is 106 cm³/mol. The lowest BCUT2D eigenvalue weighted by atomic mass is 10.1. The minimum absolute atomic E-state index is 0.0195. The quantitative estimate of drug-likeness (QED) is 0.379. The van der Waals surface area contributed by atoms with E-state index in [1.807, 2.05) is 0 Å². The summed E-state index contributed by atoms with van der Waals surface area (Å²) in [6.45, 7) is -0.565. The molecule has 3 rings (SSSR count). The molecule has 1 N–H and O–H groups in total. The van der Waals surface area contributed by atoms with Gasteiger partial charge in [-0.05, 0) is 12.1 Å². The van der Waals surface area contributed by atoms with Gasteiger partial charge in [-0.25, -0.2) is 0 Å². The van der Waals surface area contributed by atoms with Gasteiger partial charge in [0.2, 0.25) is 5.91 Å². The van der Waals surface area contributed by atoms with Crippen molar-refractivity contribution in [3.8, 4) is 17.2 Å². The molecule has 11 heteroatoms. The first-order valence-corrected chi connectivity index (χ1v) is 9.01. The van der Waals surface area contributed by atoms with Gasteiger partial charge >= 0.3 is 0 Å². The highest BCUT2D eigenvalue weighted by Gasteiger charge is 2.41. The molecule has 31 heavy (non-hydrogen) atoms. The molecule has 0 unspecified atom stereocenters. The van der Waals surface area contributed by atoms with Gasteiger partial charge in [0, 0.05) is 24.2 Å². The molecule has 0 aliphatic carbocycles. The van der Waals surface area contributed by atoms with Crippen LogP contribution in [-0.2, 0) is 11.3 Å². The molecular formula is C20H19N3O8. The fourth-order valence-corrected chi connectivity index (χ4v) is 3.24. The molecule has 2 aromatic carbocycles. The van der Waals surface area contributed by atoms with Gasteiger partial charge in [-0.2, -0.15) is 0 Å². The summed E-state index contributed by atoms with van der Waals surface area (Å²) < 4.78 is 15.7. The van der Waals surface area contributed by atoms with Crippen LogP contribution >= 0.6 is 0 Å². The van der Waals surface area contributed by atoms with Crippen LogP contribution in [0.15, 0.2) is 30.3 Å². The van der Waals surface area contributed by atoms with Gasteiger partial charge in [0.05, 0.1) is 31.8 Å². The van der Waals surface area contributed by atoms with E-state index in [1.165, 1.54) is 33.5 Å². The number of hydrogen-bond acceptors (Lipinski definition) is 8. The van der Waals surface area contributed by atoms with Crippen molar-refractivity contribution in [1.82, 2.24) is 10.2 Å². The Labute approximate surface area is 176 Å². The standard InChI is InChI=1S/C20H19N3O8/c1-29-14-8-16(31-3)15(30-2)7-11(14)9-21-17(24)10-22-19(25)12-5-4-6-13(23(27)28)18(12)20(22)26/h4-8H,9-10H2,1-3H3,(H,21,24). The number of benzene rings is 2. The Morgan fingerprint density at radius 1 is 1.03 bits per heavy atom. The second-order valence-electron chi connectivity index (χ2n) is 6.45. The average molecular weight is 429 g/mol. The van der Waals surface area contributed by atoms with Gasteiger partial charge in [-0.3, -0.25) is 29.4 Å². The van der Waals surface area contributed by atoms with Crippen LogP contribution < -0.4 is 19.5 Å². The van der Waals surface area contributed by atoms with E-state index in [0.29, 0.717) is 27.7 Å². The molecule has 0 aromatic heterocycles. The van der Waals surface area contributed by atoms with Gasteiger partial charge in [-0.1, -0.05) is 6.07 Å². The lowest BCUT2D eigenvalue weighted by molar-refractivity contribution is -0.385. The topological polar surface area (TPSA) is 137 Å². The number of nitro groups is 1. The van der Waals surface area contributed by atoms with Crippen molar-refractivity contribution >= 4 is 23.4 Å². The first kappa shape index (κ1) is 21.6. The third kappa shape index (κ3) is 3.97. The fraction of sp³-hybridized carbons (Fsp3) is 0.250. The van der Waals surface area contributed by atoms with E-state index < -0.39 is 34.9 Å². The second kappa shape index (κ2) is 8.69. The number of nitrogens with one attached hydrogen (secondary N) is 1. The van der Waals surface area contributed by atoms with E-state index >= 15 is 0 Å². The summed E-state index contributed by atoms with van der Waals surface area (Å²) in [6, 6.07) is 6.99. The summed E-state index contributed by atoms with van der Waals surface area (Å²) in [6.07, 6.45) is 0. The number of amides is 3. The molecule has 0 saturated heterocycles. The van der Waals surface area contributed by atoms with Crippen LogP contribution in [0.5, 0.6) is 17.2 Å². The zero-order valence-electron chi connectivity index (χ0n) is 17.0. The van der Waals surface area contributed by atoms with Crippen LogP contribution in [0.2, 0.25) is 0 Å². The number of nitro benzene ring substituents is 1. The lowest BCUT2D eigenvalue weighted by Gasteiger charge is -2.16. The Morgan fingerprint density at radius 2 is 1.68 bits per heavy atom. The van der Waals surface area contributed by atoms with E-state index in [0.717, 1.165) is 6.07 Å². The molecule has 1 aliphatic rings. The zero-order chi connectivity index (χ0) is 22.7. The molecule has 0 saturated carbocycles. The van der Waals surface area contributed by atoms with Crippen molar-refractivity contribution in [2.45, 2.75) is 6.54 Å². The molecule has 0 fully saturated rings. The zero-order valence-corrected chi connectivity index (χ0v) is 17.0. The van der Waals surface area contributed by atoms with Gasteiger partial charge in [-0.15, -0.1) is 0 Å². The van der Waals surface area contributed by atoms with E-state index in [-0.39, 0.29) is 17.7 Å². The molecule has 11 nitrogen and oxygen atoms in total. The molecule has 0 bridgehead atoms. The normalized spacial score (nSPS) is 12.4. The van der Waals surface area contributed by atoms with Crippen molar-refractivity contribution in [3.63, 3.8) is 0 Å². The molecule has 1 heterocycles. The fourth-order valence-electron chi connectivity index (χ4n) is 3.24. The van der Waals surface area contributed by atoms with E-state index in [9.17, 15) is 24.5 Å². The van der Waals surface area contributed by atoms with Crippen LogP contribution in [0.3, 0.4) is 0 Å². The highest BCUT2D eigenvalue weighted by Crippen LogP contribution is 2.34. The van der Waals surface area contributed by atoms with Crippen molar-refractivity contribution in [1.29, 1.82) is 0 Å². The largest absolute Gasteiger partial charge is 0.496 e. The molecule has 1 aliphatic heterocycles. The monoisotopic (exact) mass is 429 g/mol. The number of methoxy groups -OCH3 is 3. The number of carbonyl (C=O) groups is 3. The number of imide groups is 1. The predicted octanol–water partition coefficient (Wildman–Crippen LogP) is 1.53. The molecule has 2 aromatic rings. The Morgan fingerprint density at radius 3 is 2.29 bits per heavy atom. The second-order valence-corrected chi connectivity index (χ2v) is 6.45. The number of nitrogens with zero attached hydrogens (tertiary/aromatic N) is 2. The summed E-state index contributed by atoms with van der Waals surface area (Å²) >= 11 is 0. The summed E-state index contributed by atoms with van der Waals surface area (Å²) in [5.74, 6) is -0.959. The first-order chi connectivity index (χ1) is 14.8. The first-order valence-electron chi connectivity index (χ1n) is 9.01. The van der Waals surface area contributed by atoms with Crippen LogP contribution in [0.25, 0.3) is 0 Å². The number of rotatable bonds is 8. The van der Waals surface area contributed by atoms with E-state index in [2.05, 4.69) is 5.32 Å². The molecule has 0 spiro atoms. The van der Waals surface area contributed by atoms with Gasteiger partial charge in [0.1, 0.15) is 17.9 Å². The average Bonchev–Trinajstić information content (AvgIpc) is 3.01. The summed E-state index contributed by atoms with van der Waals surface area (Å²) in [5, 5.41) is 13.8. The van der Waals surface area contributed by atoms with E-state index in [4.69, 9.17) is 14.2 Å². The van der Waals surface area contributed by atoms with Crippen LogP contribution in [-0.4, -0.2) is 55.4 Å². The number of carbonyl (C=O) groups excluding carboxylic acids is 3. The number of fused-ring (bicyclic) bond motifs is 1. The van der Waals surface area contributed by atoms with Gasteiger partial charge in [0.25, 0.3) is 17.5 Å². The highest BCUT2D eigenvalue weighted by molar-refractivity contribution is 6.24. The Balaban J connectivity index is 1.74. The van der Waals surface area contributed by atoms with Crippen molar-refractivity contribution in [2.75, 3.05) is 27.9 Å². The maximum absolute atomic E-state index is 12.6. The van der Waals surface area contributed by atoms with Crippen LogP contribution in [0, 0.1) is 10.1 Å². The molecular weight excluding hydrogens is 410 g/mol. The smallest absolute Gasteiger partial charge is 0.282 e. The summed E-state index contributed by atoms with van der Waals surface area (Å²) in [7, 11) is 4.40. The highest BCUT2D eigenvalue weighted by atomic mass is 16.6. The Bertz CT molecular complexity index is 1080. The number of hydrogen-bond donors (Lipinski definition) is 1.